The Balaban J connectivity index is 1.78. The third-order valence-electron chi connectivity index (χ3n) is 4.92. The zero-order valence-corrected chi connectivity index (χ0v) is 16.6. The van der Waals surface area contributed by atoms with Crippen molar-refractivity contribution in [1.29, 1.82) is 0 Å². The van der Waals surface area contributed by atoms with Gasteiger partial charge in [0, 0.05) is 32.2 Å². The fourth-order valence-corrected chi connectivity index (χ4v) is 3.15. The number of piperazine rings is 1. The van der Waals surface area contributed by atoms with Gasteiger partial charge in [0.25, 0.3) is 5.91 Å². The predicted molar refractivity (Wildman–Crippen MR) is 101 cm³/mol. The lowest BCUT2D eigenvalue weighted by molar-refractivity contribution is -0.147. The minimum Gasteiger partial charge on any atom is -0.497 e. The van der Waals surface area contributed by atoms with Crippen molar-refractivity contribution in [1.82, 2.24) is 9.80 Å². The van der Waals surface area contributed by atoms with Crippen LogP contribution in [-0.4, -0.2) is 74.2 Å². The highest BCUT2D eigenvalue weighted by atomic mass is 16.5. The molecule has 150 valence electrons. The van der Waals surface area contributed by atoms with E-state index in [-0.39, 0.29) is 17.9 Å². The smallest absolute Gasteiger partial charge is 0.307 e. The van der Waals surface area contributed by atoms with E-state index >= 15 is 0 Å². The molecule has 0 bridgehead atoms. The molecule has 2 atom stereocenters. The molecular formula is C20H30N2O5. The highest BCUT2D eigenvalue weighted by Gasteiger charge is 2.28. The summed E-state index contributed by atoms with van der Waals surface area (Å²) in [7, 11) is 3.02. The molecule has 7 heteroatoms. The van der Waals surface area contributed by atoms with Crippen molar-refractivity contribution >= 4 is 11.9 Å². The summed E-state index contributed by atoms with van der Waals surface area (Å²) in [5.74, 6) is 0.561. The van der Waals surface area contributed by atoms with Crippen LogP contribution >= 0.6 is 0 Å². The molecule has 0 aromatic heterocycles. The summed E-state index contributed by atoms with van der Waals surface area (Å²) >= 11 is 0. The summed E-state index contributed by atoms with van der Waals surface area (Å²) < 4.78 is 15.7. The van der Waals surface area contributed by atoms with Gasteiger partial charge in [-0.2, -0.15) is 0 Å². The van der Waals surface area contributed by atoms with E-state index in [2.05, 4.69) is 4.90 Å². The van der Waals surface area contributed by atoms with Crippen molar-refractivity contribution in [2.75, 3.05) is 40.4 Å². The van der Waals surface area contributed by atoms with E-state index in [0.29, 0.717) is 26.1 Å². The predicted octanol–water partition coefficient (Wildman–Crippen LogP) is 1.70. The maximum absolute atomic E-state index is 12.6. The summed E-state index contributed by atoms with van der Waals surface area (Å²) in [5, 5.41) is 0. The average molecular weight is 378 g/mol. The van der Waals surface area contributed by atoms with Crippen molar-refractivity contribution in [2.24, 2.45) is 0 Å². The third kappa shape index (κ3) is 6.22. The highest BCUT2D eigenvalue weighted by Crippen LogP contribution is 2.15. The molecule has 0 unspecified atom stereocenters. The second kappa shape index (κ2) is 10.3. The van der Waals surface area contributed by atoms with Gasteiger partial charge in [-0.25, -0.2) is 0 Å². The SMILES string of the molecule is COC(=O)C[C@@H](C)N1CCN(C(=O)[C@H](C)OCc2cccc(OC)c2)CC1. The molecule has 27 heavy (non-hydrogen) atoms. The number of methoxy groups -OCH3 is 2. The second-order valence-corrected chi connectivity index (χ2v) is 6.80. The number of carbonyl (C=O) groups is 2. The molecule has 1 aliphatic rings. The Morgan fingerprint density at radius 3 is 2.44 bits per heavy atom. The Bertz CT molecular complexity index is 629. The summed E-state index contributed by atoms with van der Waals surface area (Å²) in [6.45, 7) is 6.91. The van der Waals surface area contributed by atoms with E-state index in [4.69, 9.17) is 14.2 Å². The number of hydrogen-bond donors (Lipinski definition) is 0. The van der Waals surface area contributed by atoms with Gasteiger partial charge in [0.2, 0.25) is 0 Å². The molecule has 0 radical (unpaired) electrons. The highest BCUT2D eigenvalue weighted by molar-refractivity contribution is 5.80. The van der Waals surface area contributed by atoms with Gasteiger partial charge in [0.1, 0.15) is 11.9 Å². The Hall–Kier alpha value is -2.12. The normalized spacial score (nSPS) is 17.3. The molecule has 2 rings (SSSR count). The van der Waals surface area contributed by atoms with Crippen LogP contribution in [0.15, 0.2) is 24.3 Å². The van der Waals surface area contributed by atoms with Crippen LogP contribution in [-0.2, 0) is 25.7 Å². The number of benzene rings is 1. The average Bonchev–Trinajstić information content (AvgIpc) is 2.71. The Kier molecular flexibility index (Phi) is 8.06. The molecular weight excluding hydrogens is 348 g/mol. The number of esters is 1. The van der Waals surface area contributed by atoms with Crippen LogP contribution in [0, 0.1) is 0 Å². The van der Waals surface area contributed by atoms with Gasteiger partial charge < -0.3 is 19.1 Å². The van der Waals surface area contributed by atoms with Crippen molar-refractivity contribution < 1.29 is 23.8 Å². The Morgan fingerprint density at radius 2 is 1.81 bits per heavy atom. The van der Waals surface area contributed by atoms with Gasteiger partial charge in [-0.05, 0) is 31.5 Å². The first-order valence-corrected chi connectivity index (χ1v) is 9.28. The molecule has 1 aliphatic heterocycles. The molecule has 0 N–H and O–H groups in total. The summed E-state index contributed by atoms with van der Waals surface area (Å²) in [5.41, 5.74) is 0.968. The summed E-state index contributed by atoms with van der Waals surface area (Å²) in [6, 6.07) is 7.73. The van der Waals surface area contributed by atoms with Crippen LogP contribution in [0.25, 0.3) is 0 Å². The van der Waals surface area contributed by atoms with Crippen LogP contribution in [0.4, 0.5) is 0 Å². The van der Waals surface area contributed by atoms with Crippen molar-refractivity contribution in [2.45, 2.75) is 39.0 Å². The summed E-state index contributed by atoms with van der Waals surface area (Å²) in [4.78, 5) is 28.1. The number of rotatable bonds is 8. The van der Waals surface area contributed by atoms with E-state index in [1.807, 2.05) is 36.1 Å². The number of carbonyl (C=O) groups excluding carboxylic acids is 2. The zero-order chi connectivity index (χ0) is 19.8. The van der Waals surface area contributed by atoms with Crippen LogP contribution in [0.3, 0.4) is 0 Å². The molecule has 1 amide bonds. The fraction of sp³-hybridized carbons (Fsp3) is 0.600. The van der Waals surface area contributed by atoms with E-state index in [1.54, 1.807) is 14.0 Å². The largest absolute Gasteiger partial charge is 0.497 e. The van der Waals surface area contributed by atoms with E-state index in [1.165, 1.54) is 7.11 Å². The molecule has 0 spiro atoms. The van der Waals surface area contributed by atoms with Crippen molar-refractivity contribution in [3.8, 4) is 5.75 Å². The Labute approximate surface area is 161 Å². The molecule has 0 aliphatic carbocycles. The first kappa shape index (κ1) is 21.2. The van der Waals surface area contributed by atoms with Gasteiger partial charge >= 0.3 is 5.97 Å². The number of ether oxygens (including phenoxy) is 3. The molecule has 1 aromatic rings. The minimum atomic E-state index is -0.504. The molecule has 1 saturated heterocycles. The summed E-state index contributed by atoms with van der Waals surface area (Å²) in [6.07, 6.45) is -0.139. The lowest BCUT2D eigenvalue weighted by Gasteiger charge is -2.38. The third-order valence-corrected chi connectivity index (χ3v) is 4.92. The lowest BCUT2D eigenvalue weighted by atomic mass is 10.1. The topological polar surface area (TPSA) is 68.3 Å². The van der Waals surface area contributed by atoms with Crippen LogP contribution in [0.2, 0.25) is 0 Å². The van der Waals surface area contributed by atoms with Gasteiger partial charge in [-0.15, -0.1) is 0 Å². The molecule has 1 aromatic carbocycles. The first-order valence-electron chi connectivity index (χ1n) is 9.28. The monoisotopic (exact) mass is 378 g/mol. The molecule has 1 heterocycles. The fourth-order valence-electron chi connectivity index (χ4n) is 3.15. The number of nitrogens with zero attached hydrogens (tertiary/aromatic N) is 2. The zero-order valence-electron chi connectivity index (χ0n) is 16.6. The Morgan fingerprint density at radius 1 is 1.11 bits per heavy atom. The van der Waals surface area contributed by atoms with Gasteiger partial charge in [0.05, 0.1) is 27.2 Å². The van der Waals surface area contributed by atoms with Crippen molar-refractivity contribution in [3.63, 3.8) is 0 Å². The quantitative estimate of drug-likeness (QED) is 0.642. The van der Waals surface area contributed by atoms with Crippen LogP contribution in [0.5, 0.6) is 5.75 Å². The van der Waals surface area contributed by atoms with Gasteiger partial charge in [-0.1, -0.05) is 12.1 Å². The van der Waals surface area contributed by atoms with Crippen molar-refractivity contribution in [3.05, 3.63) is 29.8 Å². The lowest BCUT2D eigenvalue weighted by Crippen LogP contribution is -2.53. The van der Waals surface area contributed by atoms with E-state index in [9.17, 15) is 9.59 Å². The standard InChI is InChI=1S/C20H30N2O5/c1-15(12-19(23)26-4)21-8-10-22(11-9-21)20(24)16(2)27-14-17-6-5-7-18(13-17)25-3/h5-7,13,15-16H,8-12,14H2,1-4H3/t15-,16+/m1/s1. The molecule has 1 fully saturated rings. The molecule has 7 nitrogen and oxygen atoms in total. The minimum absolute atomic E-state index is 0.00170. The molecule has 0 saturated carbocycles. The number of hydrogen-bond acceptors (Lipinski definition) is 6. The van der Waals surface area contributed by atoms with Crippen LogP contribution < -0.4 is 4.74 Å². The van der Waals surface area contributed by atoms with Crippen LogP contribution in [0.1, 0.15) is 25.8 Å². The van der Waals surface area contributed by atoms with E-state index < -0.39 is 6.10 Å². The van der Waals surface area contributed by atoms with Gasteiger partial charge in [-0.3, -0.25) is 14.5 Å². The maximum Gasteiger partial charge on any atom is 0.307 e. The number of amides is 1. The van der Waals surface area contributed by atoms with Gasteiger partial charge in [0.15, 0.2) is 0 Å². The van der Waals surface area contributed by atoms with E-state index in [0.717, 1.165) is 24.4 Å². The first-order chi connectivity index (χ1) is 12.9. The maximum atomic E-state index is 12.6. The second-order valence-electron chi connectivity index (χ2n) is 6.80.